The van der Waals surface area contributed by atoms with Crippen LogP contribution in [0.2, 0.25) is 0 Å². The molecule has 0 amide bonds. The topological polar surface area (TPSA) is 48.9 Å². The van der Waals surface area contributed by atoms with Crippen LogP contribution in [0.25, 0.3) is 0 Å². The molecule has 0 unspecified atom stereocenters. The number of hydrogen-bond acceptors (Lipinski definition) is 3. The molecule has 0 bridgehead atoms. The van der Waals surface area contributed by atoms with Gasteiger partial charge in [-0.3, -0.25) is 9.89 Å². The minimum atomic E-state index is 0.0210. The molecule has 3 rings (SSSR count). The van der Waals surface area contributed by atoms with Crippen LogP contribution in [0, 0.1) is 0 Å². The molecular formula is C24H34N4O. The zero-order chi connectivity index (χ0) is 20.5. The van der Waals surface area contributed by atoms with Gasteiger partial charge in [-0.05, 0) is 16.7 Å². The lowest BCUT2D eigenvalue weighted by Crippen LogP contribution is -2.43. The number of benzene rings is 2. The highest BCUT2D eigenvalue weighted by atomic mass is 16.5. The molecule has 29 heavy (non-hydrogen) atoms. The number of guanidine groups is 1. The van der Waals surface area contributed by atoms with Crippen LogP contribution in [0.15, 0.2) is 59.6 Å². The summed E-state index contributed by atoms with van der Waals surface area (Å²) in [5, 5.41) is 6.97. The molecule has 2 aromatic carbocycles. The number of hydrogen-bond donors (Lipinski definition) is 2. The molecule has 1 heterocycles. The maximum atomic E-state index is 5.47. The molecule has 0 atom stereocenters. The Morgan fingerprint density at radius 3 is 2.31 bits per heavy atom. The highest BCUT2D eigenvalue weighted by Crippen LogP contribution is 2.21. The van der Waals surface area contributed by atoms with Gasteiger partial charge in [-0.25, -0.2) is 0 Å². The van der Waals surface area contributed by atoms with Crippen molar-refractivity contribution in [2.75, 3.05) is 39.9 Å². The van der Waals surface area contributed by atoms with Crippen molar-refractivity contribution in [2.24, 2.45) is 4.99 Å². The van der Waals surface area contributed by atoms with Crippen molar-refractivity contribution >= 4 is 5.96 Å². The Balaban J connectivity index is 1.55. The van der Waals surface area contributed by atoms with Crippen molar-refractivity contribution in [1.82, 2.24) is 15.5 Å². The number of ether oxygens (including phenoxy) is 1. The Morgan fingerprint density at radius 2 is 1.62 bits per heavy atom. The van der Waals surface area contributed by atoms with E-state index in [4.69, 9.17) is 4.74 Å². The summed E-state index contributed by atoms with van der Waals surface area (Å²) in [5.41, 5.74) is 4.01. The first kappa shape index (κ1) is 21.3. The largest absolute Gasteiger partial charge is 0.379 e. The normalized spacial score (nSPS) is 15.9. The maximum absolute atomic E-state index is 5.47. The number of nitrogens with zero attached hydrogens (tertiary/aromatic N) is 2. The van der Waals surface area contributed by atoms with Gasteiger partial charge in [0.1, 0.15) is 0 Å². The fraction of sp³-hybridized carbons (Fsp3) is 0.458. The van der Waals surface area contributed by atoms with E-state index in [1.54, 1.807) is 0 Å². The third kappa shape index (κ3) is 6.31. The van der Waals surface area contributed by atoms with Gasteiger partial charge in [-0.1, -0.05) is 68.4 Å². The predicted molar refractivity (Wildman–Crippen MR) is 120 cm³/mol. The molecule has 156 valence electrons. The average Bonchev–Trinajstić information content (AvgIpc) is 2.76. The standard InChI is InChI=1S/C24H34N4O/c1-24(2,22-11-5-4-6-12-22)19-27-23(25-3)26-17-20-9-7-8-10-21(20)18-28-13-15-29-16-14-28/h4-12H,13-19H2,1-3H3,(H2,25,26,27). The molecule has 0 radical (unpaired) electrons. The summed E-state index contributed by atoms with van der Waals surface area (Å²) in [5.74, 6) is 0.829. The second kappa shape index (κ2) is 10.4. The number of nitrogens with one attached hydrogen (secondary N) is 2. The zero-order valence-corrected chi connectivity index (χ0v) is 17.9. The summed E-state index contributed by atoms with van der Waals surface area (Å²) in [6, 6.07) is 19.3. The van der Waals surface area contributed by atoms with E-state index in [2.05, 4.69) is 89.0 Å². The summed E-state index contributed by atoms with van der Waals surface area (Å²) >= 11 is 0. The summed E-state index contributed by atoms with van der Waals surface area (Å²) < 4.78 is 5.47. The van der Waals surface area contributed by atoms with E-state index in [0.717, 1.165) is 51.9 Å². The van der Waals surface area contributed by atoms with Crippen LogP contribution in [0.4, 0.5) is 0 Å². The van der Waals surface area contributed by atoms with E-state index >= 15 is 0 Å². The van der Waals surface area contributed by atoms with Gasteiger partial charge < -0.3 is 15.4 Å². The summed E-state index contributed by atoms with van der Waals surface area (Å²) in [6.45, 7) is 10.7. The van der Waals surface area contributed by atoms with Crippen molar-refractivity contribution in [2.45, 2.75) is 32.4 Å². The van der Waals surface area contributed by atoms with Crippen molar-refractivity contribution in [3.8, 4) is 0 Å². The first-order chi connectivity index (χ1) is 14.1. The molecule has 0 aromatic heterocycles. The molecule has 1 aliphatic rings. The molecule has 5 heteroatoms. The monoisotopic (exact) mass is 394 g/mol. The molecule has 2 aromatic rings. The van der Waals surface area contributed by atoms with Crippen LogP contribution in [0.3, 0.4) is 0 Å². The Kier molecular flexibility index (Phi) is 7.67. The Hall–Kier alpha value is -2.37. The minimum Gasteiger partial charge on any atom is -0.379 e. The van der Waals surface area contributed by atoms with E-state index < -0.39 is 0 Å². The molecule has 0 aliphatic carbocycles. The molecule has 1 saturated heterocycles. The fourth-order valence-corrected chi connectivity index (χ4v) is 3.58. The van der Waals surface area contributed by atoms with Crippen LogP contribution in [-0.2, 0) is 23.2 Å². The molecule has 0 spiro atoms. The summed E-state index contributed by atoms with van der Waals surface area (Å²) in [4.78, 5) is 6.87. The average molecular weight is 395 g/mol. The van der Waals surface area contributed by atoms with Crippen molar-refractivity contribution in [1.29, 1.82) is 0 Å². The summed E-state index contributed by atoms with van der Waals surface area (Å²) in [7, 11) is 1.82. The van der Waals surface area contributed by atoms with Crippen LogP contribution >= 0.6 is 0 Å². The highest BCUT2D eigenvalue weighted by Gasteiger charge is 2.20. The van der Waals surface area contributed by atoms with E-state index in [-0.39, 0.29) is 5.41 Å². The van der Waals surface area contributed by atoms with Crippen LogP contribution in [-0.4, -0.2) is 50.8 Å². The molecule has 1 aliphatic heterocycles. The minimum absolute atomic E-state index is 0.0210. The molecule has 1 fully saturated rings. The quantitative estimate of drug-likeness (QED) is 0.559. The first-order valence-corrected chi connectivity index (χ1v) is 10.5. The van der Waals surface area contributed by atoms with E-state index in [9.17, 15) is 0 Å². The second-order valence-electron chi connectivity index (χ2n) is 8.19. The van der Waals surface area contributed by atoms with Gasteiger partial charge >= 0.3 is 0 Å². The van der Waals surface area contributed by atoms with Gasteiger partial charge in [0.05, 0.1) is 13.2 Å². The molecular weight excluding hydrogens is 360 g/mol. The molecule has 0 saturated carbocycles. The van der Waals surface area contributed by atoms with Crippen molar-refractivity contribution in [3.63, 3.8) is 0 Å². The van der Waals surface area contributed by atoms with Gasteiger partial charge in [0.15, 0.2) is 5.96 Å². The van der Waals surface area contributed by atoms with Crippen LogP contribution in [0.5, 0.6) is 0 Å². The molecule has 5 nitrogen and oxygen atoms in total. The SMILES string of the molecule is CN=C(NCc1ccccc1CN1CCOCC1)NCC(C)(C)c1ccccc1. The highest BCUT2D eigenvalue weighted by molar-refractivity contribution is 5.79. The fourth-order valence-electron chi connectivity index (χ4n) is 3.58. The van der Waals surface area contributed by atoms with Gasteiger partial charge in [0.2, 0.25) is 0 Å². The van der Waals surface area contributed by atoms with E-state index in [0.29, 0.717) is 0 Å². The Bertz CT molecular complexity index is 782. The number of aliphatic imine (C=N–C) groups is 1. The maximum Gasteiger partial charge on any atom is 0.191 e. The molecule has 2 N–H and O–H groups in total. The van der Waals surface area contributed by atoms with Crippen molar-refractivity contribution in [3.05, 3.63) is 71.3 Å². The zero-order valence-electron chi connectivity index (χ0n) is 17.9. The number of rotatable bonds is 7. The lowest BCUT2D eigenvalue weighted by molar-refractivity contribution is 0.0341. The van der Waals surface area contributed by atoms with E-state index in [1.807, 2.05) is 7.05 Å². The lowest BCUT2D eigenvalue weighted by Gasteiger charge is -2.28. The van der Waals surface area contributed by atoms with Gasteiger partial charge in [-0.2, -0.15) is 0 Å². The smallest absolute Gasteiger partial charge is 0.191 e. The Morgan fingerprint density at radius 1 is 0.966 bits per heavy atom. The second-order valence-corrected chi connectivity index (χ2v) is 8.19. The predicted octanol–water partition coefficient (Wildman–Crippen LogP) is 3.16. The van der Waals surface area contributed by atoms with Crippen LogP contribution in [0.1, 0.15) is 30.5 Å². The van der Waals surface area contributed by atoms with E-state index in [1.165, 1.54) is 16.7 Å². The van der Waals surface area contributed by atoms with Gasteiger partial charge in [-0.15, -0.1) is 0 Å². The van der Waals surface area contributed by atoms with Gasteiger partial charge in [0.25, 0.3) is 0 Å². The van der Waals surface area contributed by atoms with Gasteiger partial charge in [0, 0.05) is 45.2 Å². The Labute approximate surface area is 175 Å². The lowest BCUT2D eigenvalue weighted by atomic mass is 9.85. The summed E-state index contributed by atoms with van der Waals surface area (Å²) in [6.07, 6.45) is 0. The first-order valence-electron chi connectivity index (χ1n) is 10.5. The van der Waals surface area contributed by atoms with Crippen molar-refractivity contribution < 1.29 is 4.74 Å². The third-order valence-electron chi connectivity index (χ3n) is 5.54. The third-order valence-corrected chi connectivity index (χ3v) is 5.54. The number of morpholine rings is 1. The van der Waals surface area contributed by atoms with Crippen LogP contribution < -0.4 is 10.6 Å².